The van der Waals surface area contributed by atoms with Gasteiger partial charge >= 0.3 is 0 Å². The van der Waals surface area contributed by atoms with Gasteiger partial charge in [0.15, 0.2) is 9.84 Å². The predicted molar refractivity (Wildman–Crippen MR) is 86.5 cm³/mol. The molecule has 0 N–H and O–H groups in total. The summed E-state index contributed by atoms with van der Waals surface area (Å²) in [6.45, 7) is 5.14. The van der Waals surface area contributed by atoms with Crippen LogP contribution in [0.15, 0.2) is 23.1 Å². The molecule has 6 heteroatoms. The molecule has 1 aromatic carbocycles. The lowest BCUT2D eigenvalue weighted by atomic mass is 10.0. The Morgan fingerprint density at radius 3 is 2.48 bits per heavy atom. The molecule has 0 unspecified atom stereocenters. The van der Waals surface area contributed by atoms with Crippen molar-refractivity contribution in [2.24, 2.45) is 5.92 Å². The molecular weight excluding hydrogens is 308 g/mol. The molecule has 4 nitrogen and oxygen atoms in total. The van der Waals surface area contributed by atoms with E-state index in [0.29, 0.717) is 11.4 Å². The third kappa shape index (κ3) is 3.24. The summed E-state index contributed by atoms with van der Waals surface area (Å²) in [7, 11) is -3.30. The van der Waals surface area contributed by atoms with Crippen molar-refractivity contribution in [3.8, 4) is 0 Å². The number of nitrogens with zero attached hydrogens (tertiary/aromatic N) is 2. The summed E-state index contributed by atoms with van der Waals surface area (Å²) in [5.74, 6) is 1.54. The molecule has 2 aromatic rings. The Balaban J connectivity index is 2.65. The monoisotopic (exact) mass is 328 g/mol. The summed E-state index contributed by atoms with van der Waals surface area (Å²) in [4.78, 5) is 4.74. The molecule has 1 heterocycles. The van der Waals surface area contributed by atoms with Crippen LogP contribution in [0.3, 0.4) is 0 Å². The molecule has 0 amide bonds. The first-order valence-corrected chi connectivity index (χ1v) is 9.59. The van der Waals surface area contributed by atoms with Gasteiger partial charge in [0.05, 0.1) is 16.3 Å². The first-order valence-electron chi connectivity index (χ1n) is 7.16. The maximum absolute atomic E-state index is 11.9. The van der Waals surface area contributed by atoms with Crippen LogP contribution in [0.25, 0.3) is 11.0 Å². The van der Waals surface area contributed by atoms with E-state index in [4.69, 9.17) is 11.6 Å². The van der Waals surface area contributed by atoms with Gasteiger partial charge in [0.1, 0.15) is 11.3 Å². The summed E-state index contributed by atoms with van der Waals surface area (Å²) in [5, 5.41) is 0. The Kier molecular flexibility index (Phi) is 4.94. The van der Waals surface area contributed by atoms with Crippen molar-refractivity contribution in [2.75, 3.05) is 6.26 Å². The fourth-order valence-corrected chi connectivity index (χ4v) is 3.61. The molecule has 0 aliphatic heterocycles. The van der Waals surface area contributed by atoms with Gasteiger partial charge in [-0.15, -0.1) is 11.6 Å². The lowest BCUT2D eigenvalue weighted by molar-refractivity contribution is 0.419. The first kappa shape index (κ1) is 16.3. The number of aromatic nitrogens is 2. The van der Waals surface area contributed by atoms with Crippen molar-refractivity contribution in [1.82, 2.24) is 9.55 Å². The summed E-state index contributed by atoms with van der Waals surface area (Å²) in [6, 6.07) is 5.28. The highest BCUT2D eigenvalue weighted by Gasteiger charge is 2.19. The number of rotatable bonds is 6. The molecule has 0 fully saturated rings. The van der Waals surface area contributed by atoms with Crippen LogP contribution in [0, 0.1) is 5.92 Å². The number of alkyl halides is 1. The van der Waals surface area contributed by atoms with E-state index >= 15 is 0 Å². The number of benzene rings is 1. The highest BCUT2D eigenvalue weighted by atomic mass is 35.5. The Labute approximate surface area is 131 Å². The third-order valence-corrected chi connectivity index (χ3v) is 5.30. The molecule has 0 aliphatic rings. The van der Waals surface area contributed by atoms with E-state index in [2.05, 4.69) is 23.4 Å². The zero-order valence-corrected chi connectivity index (χ0v) is 14.2. The average Bonchev–Trinajstić information content (AvgIpc) is 2.81. The van der Waals surface area contributed by atoms with E-state index in [1.54, 1.807) is 12.1 Å². The Morgan fingerprint density at radius 1 is 1.29 bits per heavy atom. The number of imidazole rings is 1. The van der Waals surface area contributed by atoms with Crippen molar-refractivity contribution in [1.29, 1.82) is 0 Å². The van der Waals surface area contributed by atoms with Crippen LogP contribution in [-0.4, -0.2) is 24.2 Å². The van der Waals surface area contributed by atoms with E-state index in [-0.39, 0.29) is 10.8 Å². The Bertz CT molecular complexity index is 733. The summed E-state index contributed by atoms with van der Waals surface area (Å²) < 4.78 is 25.9. The number of fused-ring (bicyclic) bond motifs is 1. The van der Waals surface area contributed by atoms with Gasteiger partial charge in [-0.1, -0.05) is 32.8 Å². The predicted octanol–water partition coefficient (Wildman–Crippen LogP) is 3.61. The van der Waals surface area contributed by atoms with Gasteiger partial charge in [0, 0.05) is 12.8 Å². The van der Waals surface area contributed by atoms with E-state index in [1.807, 2.05) is 6.07 Å². The molecular formula is C15H21ClN2O2S. The van der Waals surface area contributed by atoms with Crippen LogP contribution < -0.4 is 0 Å². The number of sulfone groups is 1. The summed E-state index contributed by atoms with van der Waals surface area (Å²) in [5.41, 5.74) is 1.38. The van der Waals surface area contributed by atoms with Crippen LogP contribution in [0.1, 0.15) is 32.5 Å². The van der Waals surface area contributed by atoms with Crippen LogP contribution >= 0.6 is 11.6 Å². The largest absolute Gasteiger partial charge is 0.327 e. The minimum absolute atomic E-state index is 0.273. The molecule has 116 valence electrons. The molecule has 21 heavy (non-hydrogen) atoms. The van der Waals surface area contributed by atoms with Gasteiger partial charge in [-0.2, -0.15) is 0 Å². The quantitative estimate of drug-likeness (QED) is 0.761. The minimum atomic E-state index is -3.30. The second-order valence-electron chi connectivity index (χ2n) is 5.35. The van der Waals surface area contributed by atoms with Gasteiger partial charge in [-0.05, 0) is 18.1 Å². The molecule has 0 aliphatic carbocycles. The van der Waals surface area contributed by atoms with Crippen LogP contribution in [0.5, 0.6) is 0 Å². The second-order valence-corrected chi connectivity index (χ2v) is 7.60. The SMILES string of the molecule is CCC(CC)Cn1c(CCl)nc2c(S(C)(=O)=O)cccc21. The summed E-state index contributed by atoms with van der Waals surface area (Å²) >= 11 is 6.01. The number of para-hydroxylation sites is 1. The molecule has 2 rings (SSSR count). The molecule has 1 aromatic heterocycles. The van der Waals surface area contributed by atoms with E-state index in [0.717, 1.165) is 30.7 Å². The smallest absolute Gasteiger partial charge is 0.177 e. The molecule has 0 spiro atoms. The standard InChI is InChI=1S/C15H21ClN2O2S/c1-4-11(5-2)10-18-12-7-6-8-13(21(3,19)20)15(12)17-14(18)9-16/h6-8,11H,4-5,9-10H2,1-3H3. The van der Waals surface area contributed by atoms with Gasteiger partial charge in [0.25, 0.3) is 0 Å². The topological polar surface area (TPSA) is 52.0 Å². The zero-order valence-electron chi connectivity index (χ0n) is 12.6. The third-order valence-electron chi connectivity index (χ3n) is 3.94. The Hall–Kier alpha value is -1.07. The average molecular weight is 329 g/mol. The molecule has 0 bridgehead atoms. The number of hydrogen-bond donors (Lipinski definition) is 0. The van der Waals surface area contributed by atoms with Crippen molar-refractivity contribution < 1.29 is 8.42 Å². The van der Waals surface area contributed by atoms with Crippen molar-refractivity contribution >= 4 is 32.5 Å². The van der Waals surface area contributed by atoms with Crippen molar-refractivity contribution in [2.45, 2.75) is 44.0 Å². The lowest BCUT2D eigenvalue weighted by Gasteiger charge is -2.15. The van der Waals surface area contributed by atoms with Crippen LogP contribution in [-0.2, 0) is 22.3 Å². The van der Waals surface area contributed by atoms with E-state index < -0.39 is 9.84 Å². The van der Waals surface area contributed by atoms with Gasteiger partial charge in [0.2, 0.25) is 0 Å². The zero-order chi connectivity index (χ0) is 15.6. The van der Waals surface area contributed by atoms with Gasteiger partial charge in [-0.3, -0.25) is 0 Å². The van der Waals surface area contributed by atoms with E-state index in [1.165, 1.54) is 6.26 Å². The second kappa shape index (κ2) is 6.36. The Morgan fingerprint density at radius 2 is 1.95 bits per heavy atom. The maximum atomic E-state index is 11.9. The number of hydrogen-bond acceptors (Lipinski definition) is 3. The fraction of sp³-hybridized carbons (Fsp3) is 0.533. The fourth-order valence-electron chi connectivity index (χ4n) is 2.58. The molecule has 0 atom stereocenters. The normalized spacial score (nSPS) is 12.4. The van der Waals surface area contributed by atoms with Crippen LogP contribution in [0.4, 0.5) is 0 Å². The highest BCUT2D eigenvalue weighted by molar-refractivity contribution is 7.91. The summed E-state index contributed by atoms with van der Waals surface area (Å²) in [6.07, 6.45) is 3.36. The maximum Gasteiger partial charge on any atom is 0.177 e. The van der Waals surface area contributed by atoms with Crippen molar-refractivity contribution in [3.05, 3.63) is 24.0 Å². The highest BCUT2D eigenvalue weighted by Crippen LogP contribution is 2.26. The van der Waals surface area contributed by atoms with Gasteiger partial charge < -0.3 is 4.57 Å². The molecule has 0 radical (unpaired) electrons. The number of halogens is 1. The minimum Gasteiger partial charge on any atom is -0.327 e. The molecule has 0 saturated heterocycles. The first-order chi connectivity index (χ1) is 9.92. The van der Waals surface area contributed by atoms with Gasteiger partial charge in [-0.25, -0.2) is 13.4 Å². The molecule has 0 saturated carbocycles. The lowest BCUT2D eigenvalue weighted by Crippen LogP contribution is -2.11. The van der Waals surface area contributed by atoms with Crippen molar-refractivity contribution in [3.63, 3.8) is 0 Å². The van der Waals surface area contributed by atoms with Crippen LogP contribution in [0.2, 0.25) is 0 Å². The van der Waals surface area contributed by atoms with E-state index in [9.17, 15) is 8.42 Å².